The predicted molar refractivity (Wildman–Crippen MR) is 69.8 cm³/mol. The molecule has 0 fully saturated rings. The largest absolute Gasteiger partial charge is 0.388 e. The van der Waals surface area contributed by atoms with E-state index in [1.807, 2.05) is 0 Å². The van der Waals surface area contributed by atoms with Crippen molar-refractivity contribution in [2.24, 2.45) is 0 Å². The zero-order valence-corrected chi connectivity index (χ0v) is 10.6. The zero-order valence-electron chi connectivity index (χ0n) is 10.6. The van der Waals surface area contributed by atoms with E-state index < -0.39 is 0 Å². The minimum absolute atomic E-state index is 0.246. The van der Waals surface area contributed by atoms with Crippen molar-refractivity contribution in [1.82, 2.24) is 4.57 Å². The van der Waals surface area contributed by atoms with Gasteiger partial charge in [0.2, 0.25) is 0 Å². The molecule has 0 amide bonds. The van der Waals surface area contributed by atoms with Crippen LogP contribution in [0.5, 0.6) is 0 Å². The van der Waals surface area contributed by atoms with E-state index in [9.17, 15) is 5.11 Å². The number of hydrogen-bond donors (Lipinski definition) is 1. The van der Waals surface area contributed by atoms with Crippen LogP contribution >= 0.6 is 0 Å². The van der Waals surface area contributed by atoms with Crippen molar-refractivity contribution in [1.29, 1.82) is 0 Å². The van der Waals surface area contributed by atoms with Crippen LogP contribution in [0.15, 0.2) is 6.07 Å². The van der Waals surface area contributed by atoms with Crippen molar-refractivity contribution in [2.75, 3.05) is 0 Å². The van der Waals surface area contributed by atoms with Crippen LogP contribution in [-0.4, -0.2) is 9.67 Å². The maximum atomic E-state index is 9.97. The van der Waals surface area contributed by atoms with E-state index in [4.69, 9.17) is 6.42 Å². The molecular weight excluding hydrogens is 210 g/mol. The van der Waals surface area contributed by atoms with Gasteiger partial charge in [-0.2, -0.15) is 0 Å². The third-order valence-corrected chi connectivity index (χ3v) is 3.65. The topological polar surface area (TPSA) is 25.2 Å². The highest BCUT2D eigenvalue weighted by atomic mass is 16.3. The number of rotatable bonds is 4. The summed E-state index contributed by atoms with van der Waals surface area (Å²) in [5.74, 6) is 2.68. The Bertz CT molecular complexity index is 425. The van der Waals surface area contributed by atoms with Crippen LogP contribution < -0.4 is 0 Å². The lowest BCUT2D eigenvalue weighted by molar-refractivity contribution is 0.155. The Labute approximate surface area is 104 Å². The Kier molecular flexibility index (Phi) is 3.91. The molecule has 1 aliphatic carbocycles. The molecule has 2 nitrogen and oxygen atoms in total. The summed E-state index contributed by atoms with van der Waals surface area (Å²) in [7, 11) is 0. The fourth-order valence-corrected chi connectivity index (χ4v) is 2.75. The van der Waals surface area contributed by atoms with E-state index in [1.54, 1.807) is 0 Å². The Morgan fingerprint density at radius 1 is 1.53 bits per heavy atom. The average molecular weight is 231 g/mol. The van der Waals surface area contributed by atoms with Gasteiger partial charge >= 0.3 is 0 Å². The first kappa shape index (κ1) is 12.3. The number of aliphatic hydroxyl groups excluding tert-OH is 1. The van der Waals surface area contributed by atoms with E-state index in [0.717, 1.165) is 50.6 Å². The standard InChI is InChI=1S/C15H21NO/c1-3-4-5-6-10-16-12(2)11-13-14(16)8-7-9-15(13)17/h1,11,15,17H,4-10H2,2H3. The van der Waals surface area contributed by atoms with Crippen molar-refractivity contribution < 1.29 is 5.11 Å². The molecule has 17 heavy (non-hydrogen) atoms. The molecule has 1 heterocycles. The second-order valence-corrected chi connectivity index (χ2v) is 4.91. The number of terminal acetylenes is 1. The number of unbranched alkanes of at least 4 members (excludes halogenated alkanes) is 2. The van der Waals surface area contributed by atoms with Crippen LogP contribution in [-0.2, 0) is 13.0 Å². The van der Waals surface area contributed by atoms with Crippen molar-refractivity contribution in [3.8, 4) is 12.3 Å². The molecule has 0 aromatic carbocycles. The third-order valence-electron chi connectivity index (χ3n) is 3.65. The van der Waals surface area contributed by atoms with Crippen LogP contribution in [0.1, 0.15) is 55.2 Å². The lowest BCUT2D eigenvalue weighted by Gasteiger charge is -2.20. The molecule has 0 aliphatic heterocycles. The molecule has 1 atom stereocenters. The lowest BCUT2D eigenvalue weighted by atomic mass is 9.95. The maximum absolute atomic E-state index is 9.97. The average Bonchev–Trinajstić information content (AvgIpc) is 2.63. The first-order valence-corrected chi connectivity index (χ1v) is 6.54. The molecule has 0 spiro atoms. The zero-order chi connectivity index (χ0) is 12.3. The van der Waals surface area contributed by atoms with Gasteiger partial charge in [-0.3, -0.25) is 0 Å². The molecule has 0 radical (unpaired) electrons. The van der Waals surface area contributed by atoms with Crippen LogP contribution in [0.3, 0.4) is 0 Å². The Morgan fingerprint density at radius 2 is 2.35 bits per heavy atom. The fraction of sp³-hybridized carbons (Fsp3) is 0.600. The molecule has 2 rings (SSSR count). The highest BCUT2D eigenvalue weighted by molar-refractivity contribution is 5.31. The minimum atomic E-state index is -0.246. The molecule has 1 unspecified atom stereocenters. The monoisotopic (exact) mass is 231 g/mol. The molecule has 0 bridgehead atoms. The van der Waals surface area contributed by atoms with Crippen LogP contribution in [0, 0.1) is 19.3 Å². The smallest absolute Gasteiger partial charge is 0.0807 e. The van der Waals surface area contributed by atoms with Gasteiger partial charge in [-0.1, -0.05) is 0 Å². The number of aromatic nitrogens is 1. The van der Waals surface area contributed by atoms with E-state index in [2.05, 4.69) is 23.5 Å². The SMILES string of the molecule is C#CCCCCn1c(C)cc2c1CCCC2O. The molecule has 1 aromatic rings. The summed E-state index contributed by atoms with van der Waals surface area (Å²) in [5.41, 5.74) is 3.78. The Hall–Kier alpha value is -1.20. The summed E-state index contributed by atoms with van der Waals surface area (Å²) in [5, 5.41) is 9.97. The summed E-state index contributed by atoms with van der Waals surface area (Å²) in [6.45, 7) is 3.17. The van der Waals surface area contributed by atoms with E-state index in [0.29, 0.717) is 0 Å². The lowest BCUT2D eigenvalue weighted by Crippen LogP contribution is -2.12. The van der Waals surface area contributed by atoms with Crippen molar-refractivity contribution in [2.45, 2.75) is 58.1 Å². The van der Waals surface area contributed by atoms with E-state index >= 15 is 0 Å². The van der Waals surface area contributed by atoms with Gasteiger partial charge in [0.1, 0.15) is 0 Å². The van der Waals surface area contributed by atoms with E-state index in [-0.39, 0.29) is 6.10 Å². The van der Waals surface area contributed by atoms with Gasteiger partial charge in [0.25, 0.3) is 0 Å². The fourth-order valence-electron chi connectivity index (χ4n) is 2.75. The number of nitrogens with zero attached hydrogens (tertiary/aromatic N) is 1. The number of aliphatic hydroxyl groups is 1. The first-order chi connectivity index (χ1) is 8.24. The van der Waals surface area contributed by atoms with Gasteiger partial charge < -0.3 is 9.67 Å². The number of fused-ring (bicyclic) bond motifs is 1. The van der Waals surface area contributed by atoms with E-state index in [1.165, 1.54) is 11.4 Å². The predicted octanol–water partition coefficient (Wildman–Crippen LogP) is 2.97. The molecule has 92 valence electrons. The highest BCUT2D eigenvalue weighted by Crippen LogP contribution is 2.32. The van der Waals surface area contributed by atoms with Crippen LogP contribution in [0.25, 0.3) is 0 Å². The number of aryl methyl sites for hydroxylation is 1. The highest BCUT2D eigenvalue weighted by Gasteiger charge is 2.22. The van der Waals surface area contributed by atoms with Gasteiger partial charge in [-0.05, 0) is 45.1 Å². The molecule has 1 aromatic heterocycles. The van der Waals surface area contributed by atoms with Crippen molar-refractivity contribution in [3.63, 3.8) is 0 Å². The van der Waals surface area contributed by atoms with Gasteiger partial charge in [-0.25, -0.2) is 0 Å². The summed E-state index contributed by atoms with van der Waals surface area (Å²) in [6.07, 6.45) is 11.2. The number of hydrogen-bond acceptors (Lipinski definition) is 1. The van der Waals surface area contributed by atoms with Crippen molar-refractivity contribution in [3.05, 3.63) is 23.0 Å². The molecular formula is C15H21NO. The van der Waals surface area contributed by atoms with Gasteiger partial charge in [-0.15, -0.1) is 12.3 Å². The third kappa shape index (κ3) is 2.56. The van der Waals surface area contributed by atoms with Crippen molar-refractivity contribution >= 4 is 0 Å². The van der Waals surface area contributed by atoms with Gasteiger partial charge in [0.15, 0.2) is 0 Å². The molecule has 1 N–H and O–H groups in total. The molecule has 2 heteroatoms. The molecule has 1 aliphatic rings. The maximum Gasteiger partial charge on any atom is 0.0807 e. The first-order valence-electron chi connectivity index (χ1n) is 6.54. The summed E-state index contributed by atoms with van der Waals surface area (Å²) < 4.78 is 2.37. The summed E-state index contributed by atoms with van der Waals surface area (Å²) in [4.78, 5) is 0. The summed E-state index contributed by atoms with van der Waals surface area (Å²) >= 11 is 0. The normalized spacial score (nSPS) is 18.8. The Morgan fingerprint density at radius 3 is 3.12 bits per heavy atom. The Balaban J connectivity index is 2.09. The molecule has 0 saturated heterocycles. The van der Waals surface area contributed by atoms with Gasteiger partial charge in [0, 0.05) is 29.9 Å². The second kappa shape index (κ2) is 5.42. The minimum Gasteiger partial charge on any atom is -0.388 e. The van der Waals surface area contributed by atoms with Gasteiger partial charge in [0.05, 0.1) is 6.10 Å². The second-order valence-electron chi connectivity index (χ2n) is 4.91. The van der Waals surface area contributed by atoms with Crippen LogP contribution in [0.4, 0.5) is 0 Å². The molecule has 0 saturated carbocycles. The quantitative estimate of drug-likeness (QED) is 0.625. The summed E-state index contributed by atoms with van der Waals surface area (Å²) in [6, 6.07) is 2.15. The van der Waals surface area contributed by atoms with Crippen LogP contribution in [0.2, 0.25) is 0 Å².